The number of hydrogen-bond donors (Lipinski definition) is 1. The fraction of sp³-hybridized carbons (Fsp3) is 0.857. The highest BCUT2D eigenvalue weighted by molar-refractivity contribution is 7.88. The molecule has 0 aromatic rings. The molecule has 23 heavy (non-hydrogen) atoms. The van der Waals surface area contributed by atoms with Gasteiger partial charge >= 0.3 is 6.09 Å². The molecule has 9 heteroatoms. The first kappa shape index (κ1) is 16.5. The van der Waals surface area contributed by atoms with E-state index in [0.29, 0.717) is 58.4 Å². The summed E-state index contributed by atoms with van der Waals surface area (Å²) in [5, 5.41) is 2.68. The number of nitrogens with one attached hydrogen (secondary N) is 1. The van der Waals surface area contributed by atoms with Crippen molar-refractivity contribution in [1.82, 2.24) is 14.5 Å². The second kappa shape index (κ2) is 5.94. The second-order valence-electron chi connectivity index (χ2n) is 6.69. The third-order valence-electron chi connectivity index (χ3n) is 5.12. The Morgan fingerprint density at radius 3 is 2.30 bits per heavy atom. The van der Waals surface area contributed by atoms with E-state index in [1.807, 2.05) is 4.90 Å². The molecule has 0 unspecified atom stereocenters. The molecule has 1 spiro atoms. The van der Waals surface area contributed by atoms with E-state index in [0.717, 1.165) is 0 Å². The van der Waals surface area contributed by atoms with E-state index in [2.05, 4.69) is 5.32 Å². The van der Waals surface area contributed by atoms with Crippen molar-refractivity contribution in [3.8, 4) is 0 Å². The van der Waals surface area contributed by atoms with E-state index >= 15 is 0 Å². The monoisotopic (exact) mass is 345 g/mol. The van der Waals surface area contributed by atoms with Gasteiger partial charge in [-0.2, -0.15) is 0 Å². The molecule has 0 saturated carbocycles. The molecule has 3 aliphatic rings. The Morgan fingerprint density at radius 2 is 1.83 bits per heavy atom. The Morgan fingerprint density at radius 1 is 1.22 bits per heavy atom. The van der Waals surface area contributed by atoms with Crippen molar-refractivity contribution in [1.29, 1.82) is 0 Å². The highest BCUT2D eigenvalue weighted by atomic mass is 32.2. The summed E-state index contributed by atoms with van der Waals surface area (Å²) < 4.78 is 29.8. The fourth-order valence-electron chi connectivity index (χ4n) is 3.61. The molecule has 3 aliphatic heterocycles. The van der Waals surface area contributed by atoms with Gasteiger partial charge in [0.05, 0.1) is 12.8 Å². The first-order chi connectivity index (χ1) is 10.8. The first-order valence-corrected chi connectivity index (χ1v) is 9.85. The number of piperidine rings is 2. The van der Waals surface area contributed by atoms with E-state index in [1.165, 1.54) is 10.6 Å². The third-order valence-corrected chi connectivity index (χ3v) is 6.43. The largest absolute Gasteiger partial charge is 0.441 e. The van der Waals surface area contributed by atoms with Gasteiger partial charge < -0.3 is 15.0 Å². The van der Waals surface area contributed by atoms with E-state index < -0.39 is 15.6 Å². The number of carbonyl (C=O) groups is 2. The normalized spacial score (nSPS) is 26.1. The van der Waals surface area contributed by atoms with Crippen molar-refractivity contribution in [2.75, 3.05) is 39.0 Å². The van der Waals surface area contributed by atoms with E-state index in [-0.39, 0.29) is 17.9 Å². The van der Waals surface area contributed by atoms with Gasteiger partial charge in [0.1, 0.15) is 5.60 Å². The summed E-state index contributed by atoms with van der Waals surface area (Å²) in [7, 11) is -3.17. The molecule has 3 heterocycles. The lowest BCUT2D eigenvalue weighted by molar-refractivity contribution is -0.140. The van der Waals surface area contributed by atoms with Crippen LogP contribution in [0.2, 0.25) is 0 Å². The molecule has 0 aliphatic carbocycles. The Labute approximate surface area is 136 Å². The van der Waals surface area contributed by atoms with Gasteiger partial charge in [-0.3, -0.25) is 4.79 Å². The van der Waals surface area contributed by atoms with Crippen LogP contribution in [0.3, 0.4) is 0 Å². The molecule has 3 saturated heterocycles. The van der Waals surface area contributed by atoms with Crippen LogP contribution in [0.25, 0.3) is 0 Å². The van der Waals surface area contributed by atoms with Gasteiger partial charge in [-0.25, -0.2) is 17.5 Å². The van der Waals surface area contributed by atoms with E-state index in [1.54, 1.807) is 0 Å². The van der Waals surface area contributed by atoms with Crippen molar-refractivity contribution in [3.05, 3.63) is 0 Å². The maximum atomic E-state index is 12.6. The average Bonchev–Trinajstić information content (AvgIpc) is 2.87. The maximum absolute atomic E-state index is 12.6. The zero-order chi connectivity index (χ0) is 16.7. The SMILES string of the molecule is CS(=O)(=O)N1CCC(C(=O)N2CCC3(CC2)CNC(=O)O3)CC1. The first-order valence-electron chi connectivity index (χ1n) is 8.00. The van der Waals surface area contributed by atoms with Gasteiger partial charge in [-0.05, 0) is 12.8 Å². The van der Waals surface area contributed by atoms with Gasteiger partial charge in [0, 0.05) is 44.9 Å². The minimum Gasteiger partial charge on any atom is -0.441 e. The van der Waals surface area contributed by atoms with Crippen molar-refractivity contribution >= 4 is 22.0 Å². The maximum Gasteiger partial charge on any atom is 0.407 e. The van der Waals surface area contributed by atoms with Gasteiger partial charge in [0.2, 0.25) is 15.9 Å². The van der Waals surface area contributed by atoms with Gasteiger partial charge in [0.25, 0.3) is 0 Å². The van der Waals surface area contributed by atoms with E-state index in [9.17, 15) is 18.0 Å². The molecule has 0 bridgehead atoms. The summed E-state index contributed by atoms with van der Waals surface area (Å²) in [5.74, 6) is -0.00316. The van der Waals surface area contributed by atoms with Crippen LogP contribution in [0.1, 0.15) is 25.7 Å². The van der Waals surface area contributed by atoms with Crippen LogP contribution >= 0.6 is 0 Å². The van der Waals surface area contributed by atoms with Gasteiger partial charge in [0.15, 0.2) is 0 Å². The Balaban J connectivity index is 1.52. The predicted octanol–water partition coefficient (Wildman–Crippen LogP) is -0.241. The van der Waals surface area contributed by atoms with E-state index in [4.69, 9.17) is 4.74 Å². The summed E-state index contributed by atoms with van der Waals surface area (Å²) in [4.78, 5) is 25.7. The summed E-state index contributed by atoms with van der Waals surface area (Å²) in [6.45, 7) is 2.50. The minimum atomic E-state index is -3.17. The number of carbonyl (C=O) groups excluding carboxylic acids is 2. The summed E-state index contributed by atoms with van der Waals surface area (Å²) in [6.07, 6.45) is 3.28. The van der Waals surface area contributed by atoms with Crippen LogP contribution in [0.15, 0.2) is 0 Å². The molecular weight excluding hydrogens is 322 g/mol. The van der Waals surface area contributed by atoms with Crippen LogP contribution in [0.5, 0.6) is 0 Å². The second-order valence-corrected chi connectivity index (χ2v) is 8.67. The summed E-state index contributed by atoms with van der Waals surface area (Å²) in [6, 6.07) is 0. The number of alkyl carbamates (subject to hydrolysis) is 1. The van der Waals surface area contributed by atoms with Crippen LogP contribution in [0.4, 0.5) is 4.79 Å². The molecule has 0 radical (unpaired) electrons. The molecule has 0 aromatic heterocycles. The van der Waals surface area contributed by atoms with Crippen LogP contribution in [0, 0.1) is 5.92 Å². The molecule has 1 N–H and O–H groups in total. The van der Waals surface area contributed by atoms with Crippen molar-refractivity contribution in [2.45, 2.75) is 31.3 Å². The third kappa shape index (κ3) is 3.45. The zero-order valence-corrected chi connectivity index (χ0v) is 14.1. The Bertz CT molecular complexity index is 590. The van der Waals surface area contributed by atoms with Gasteiger partial charge in [-0.15, -0.1) is 0 Å². The number of likely N-dealkylation sites (tertiary alicyclic amines) is 1. The molecule has 0 atom stereocenters. The Kier molecular flexibility index (Phi) is 4.26. The molecule has 2 amide bonds. The standard InChI is InChI=1S/C14H23N3O5S/c1-23(20,21)17-6-2-11(3-7-17)12(18)16-8-4-14(5-9-16)10-15-13(19)22-14/h11H,2-10H2,1H3,(H,15,19). The fourth-order valence-corrected chi connectivity index (χ4v) is 4.48. The quantitative estimate of drug-likeness (QED) is 0.745. The van der Waals surface area contributed by atoms with Crippen LogP contribution in [-0.4, -0.2) is 74.2 Å². The van der Waals surface area contributed by atoms with Crippen molar-refractivity contribution in [3.63, 3.8) is 0 Å². The predicted molar refractivity (Wildman–Crippen MR) is 82.2 cm³/mol. The molecule has 8 nitrogen and oxygen atoms in total. The molecule has 3 rings (SSSR count). The Hall–Kier alpha value is -1.35. The number of amides is 2. The van der Waals surface area contributed by atoms with Crippen LogP contribution in [-0.2, 0) is 19.6 Å². The molecule has 3 fully saturated rings. The van der Waals surface area contributed by atoms with Crippen molar-refractivity contribution in [2.24, 2.45) is 5.92 Å². The lowest BCUT2D eigenvalue weighted by Crippen LogP contribution is -2.51. The number of ether oxygens (including phenoxy) is 1. The number of rotatable bonds is 2. The summed E-state index contributed by atoms with van der Waals surface area (Å²) in [5.41, 5.74) is -0.451. The highest BCUT2D eigenvalue weighted by Gasteiger charge is 2.44. The molecular formula is C14H23N3O5S. The molecule has 130 valence electrons. The number of sulfonamides is 1. The summed E-state index contributed by atoms with van der Waals surface area (Å²) >= 11 is 0. The molecule has 0 aromatic carbocycles. The average molecular weight is 345 g/mol. The highest BCUT2D eigenvalue weighted by Crippen LogP contribution is 2.31. The lowest BCUT2D eigenvalue weighted by Gasteiger charge is -2.39. The number of hydrogen-bond acceptors (Lipinski definition) is 5. The zero-order valence-electron chi connectivity index (χ0n) is 13.3. The smallest absolute Gasteiger partial charge is 0.407 e. The van der Waals surface area contributed by atoms with Gasteiger partial charge in [-0.1, -0.05) is 0 Å². The number of nitrogens with zero attached hydrogens (tertiary/aromatic N) is 2. The topological polar surface area (TPSA) is 96.0 Å². The van der Waals surface area contributed by atoms with Crippen LogP contribution < -0.4 is 5.32 Å². The van der Waals surface area contributed by atoms with Crippen molar-refractivity contribution < 1.29 is 22.7 Å². The lowest BCUT2D eigenvalue weighted by atomic mass is 9.89. The minimum absolute atomic E-state index is 0.102.